The molecular weight excluding hydrogens is 254 g/mol. The molecule has 0 spiro atoms. The van der Waals surface area contributed by atoms with Gasteiger partial charge in [0.1, 0.15) is 13.1 Å². The number of fused-ring (bicyclic) bond motifs is 1. The summed E-state index contributed by atoms with van der Waals surface area (Å²) < 4.78 is 11.7. The predicted octanol–water partition coefficient (Wildman–Crippen LogP) is -1.66. The predicted molar refractivity (Wildman–Crippen MR) is 61.3 cm³/mol. The molecule has 0 N–H and O–H groups in total. The first-order valence-corrected chi connectivity index (χ1v) is 5.93. The van der Waals surface area contributed by atoms with Gasteiger partial charge in [0, 0.05) is 0 Å². The van der Waals surface area contributed by atoms with Crippen LogP contribution >= 0.6 is 0 Å². The van der Waals surface area contributed by atoms with Crippen LogP contribution in [0.4, 0.5) is 0 Å². The third-order valence-corrected chi connectivity index (χ3v) is 3.72. The second-order valence-electron chi connectivity index (χ2n) is 4.88. The number of rotatable bonds is 1. The van der Waals surface area contributed by atoms with Gasteiger partial charge in [0.15, 0.2) is 0 Å². The number of morpholine rings is 1. The normalized spacial score (nSPS) is 24.9. The summed E-state index contributed by atoms with van der Waals surface area (Å²) in [5, 5.41) is 0. The summed E-state index contributed by atoms with van der Waals surface area (Å²) in [6.45, 7) is 3.22. The lowest BCUT2D eigenvalue weighted by Gasteiger charge is -2.40. The van der Waals surface area contributed by atoms with Gasteiger partial charge in [-0.15, -0.1) is 0 Å². The van der Waals surface area contributed by atoms with Gasteiger partial charge < -0.3 is 21.9 Å². The summed E-state index contributed by atoms with van der Waals surface area (Å²) in [4.78, 5) is 11.8. The summed E-state index contributed by atoms with van der Waals surface area (Å²) in [6, 6.07) is 7.66. The van der Waals surface area contributed by atoms with E-state index in [4.69, 9.17) is 9.47 Å². The van der Waals surface area contributed by atoms with E-state index < -0.39 is 0 Å². The second-order valence-corrected chi connectivity index (χ2v) is 4.88. The van der Waals surface area contributed by atoms with Crippen molar-refractivity contribution in [1.82, 2.24) is 0 Å². The van der Waals surface area contributed by atoms with Crippen molar-refractivity contribution in [2.45, 2.75) is 6.23 Å². The minimum absolute atomic E-state index is 0. The Hall–Kier alpha value is -1.10. The van der Waals surface area contributed by atoms with Crippen LogP contribution < -0.4 is 12.4 Å². The average molecular weight is 270 g/mol. The van der Waals surface area contributed by atoms with Crippen molar-refractivity contribution in [3.05, 3.63) is 35.4 Å². The highest BCUT2D eigenvalue weighted by Gasteiger charge is 2.44. The standard InChI is InChI=1S/C13H16NO3.ClH/c1-14(6-8-16-9-7-14)12-10-4-2-3-5-11(10)13(15)17-12;/h2-5,12H,6-9H2,1H3;1H/q+1;/p-1. The van der Waals surface area contributed by atoms with Gasteiger partial charge in [0.25, 0.3) is 6.23 Å². The number of ether oxygens (including phenoxy) is 2. The molecule has 1 atom stereocenters. The van der Waals surface area contributed by atoms with Crippen LogP contribution in [-0.4, -0.2) is 43.8 Å². The molecule has 1 unspecified atom stereocenters. The summed E-state index contributed by atoms with van der Waals surface area (Å²) in [6.07, 6.45) is -0.164. The Morgan fingerprint density at radius 1 is 1.22 bits per heavy atom. The maximum Gasteiger partial charge on any atom is 0.343 e. The minimum Gasteiger partial charge on any atom is -1.00 e. The van der Waals surface area contributed by atoms with Gasteiger partial charge in [-0.3, -0.25) is 4.48 Å². The molecule has 1 aromatic carbocycles. The van der Waals surface area contributed by atoms with E-state index in [1.165, 1.54) is 0 Å². The van der Waals surface area contributed by atoms with E-state index in [0.29, 0.717) is 5.56 Å². The maximum atomic E-state index is 11.8. The molecule has 18 heavy (non-hydrogen) atoms. The topological polar surface area (TPSA) is 35.5 Å². The molecule has 0 aromatic heterocycles. The van der Waals surface area contributed by atoms with Crippen LogP contribution in [0.25, 0.3) is 0 Å². The summed E-state index contributed by atoms with van der Waals surface area (Å²) in [5.41, 5.74) is 1.73. The van der Waals surface area contributed by atoms with E-state index >= 15 is 0 Å². The molecule has 0 saturated carbocycles. The van der Waals surface area contributed by atoms with E-state index in [2.05, 4.69) is 7.05 Å². The lowest BCUT2D eigenvalue weighted by atomic mass is 10.1. The third kappa shape index (κ3) is 2.00. The molecule has 2 heterocycles. The number of nitrogens with zero attached hydrogens (tertiary/aromatic N) is 1. The highest BCUT2D eigenvalue weighted by Crippen LogP contribution is 2.37. The Balaban J connectivity index is 0.00000120. The van der Waals surface area contributed by atoms with Crippen molar-refractivity contribution < 1.29 is 31.2 Å². The van der Waals surface area contributed by atoms with Gasteiger partial charge in [-0.2, -0.15) is 0 Å². The molecule has 3 rings (SSSR count). The molecule has 1 aromatic rings. The largest absolute Gasteiger partial charge is 1.00 e. The van der Waals surface area contributed by atoms with E-state index in [1.54, 1.807) is 0 Å². The number of cyclic esters (lactones) is 1. The van der Waals surface area contributed by atoms with Crippen molar-refractivity contribution in [2.24, 2.45) is 0 Å². The molecule has 0 aliphatic carbocycles. The Morgan fingerprint density at radius 3 is 2.61 bits per heavy atom. The van der Waals surface area contributed by atoms with Crippen molar-refractivity contribution in [2.75, 3.05) is 33.4 Å². The number of quaternary nitrogens is 1. The number of carbonyl (C=O) groups excluding carboxylic acids is 1. The van der Waals surface area contributed by atoms with Crippen molar-refractivity contribution in [1.29, 1.82) is 0 Å². The quantitative estimate of drug-likeness (QED) is 0.452. The number of carbonyl (C=O) groups is 1. The molecule has 0 radical (unpaired) electrons. The van der Waals surface area contributed by atoms with Crippen molar-refractivity contribution in [3.63, 3.8) is 0 Å². The smallest absolute Gasteiger partial charge is 0.343 e. The molecule has 2 aliphatic rings. The van der Waals surface area contributed by atoms with E-state index in [9.17, 15) is 4.79 Å². The first-order chi connectivity index (χ1) is 8.21. The van der Waals surface area contributed by atoms with Crippen LogP contribution in [0.5, 0.6) is 0 Å². The first-order valence-electron chi connectivity index (χ1n) is 5.93. The molecule has 1 saturated heterocycles. The van der Waals surface area contributed by atoms with E-state index in [1.807, 2.05) is 24.3 Å². The van der Waals surface area contributed by atoms with E-state index in [-0.39, 0.29) is 24.6 Å². The lowest BCUT2D eigenvalue weighted by Crippen LogP contribution is -3.00. The zero-order valence-corrected chi connectivity index (χ0v) is 11.0. The fraction of sp³-hybridized carbons (Fsp3) is 0.462. The van der Waals surface area contributed by atoms with Crippen molar-refractivity contribution >= 4 is 5.97 Å². The van der Waals surface area contributed by atoms with E-state index in [0.717, 1.165) is 36.3 Å². The number of hydrogen-bond acceptors (Lipinski definition) is 3. The second kappa shape index (κ2) is 4.88. The fourth-order valence-electron chi connectivity index (χ4n) is 2.58. The lowest BCUT2D eigenvalue weighted by molar-refractivity contribution is -0.964. The molecule has 2 aliphatic heterocycles. The Kier molecular flexibility index (Phi) is 3.61. The molecule has 4 nitrogen and oxygen atoms in total. The number of benzene rings is 1. The monoisotopic (exact) mass is 269 g/mol. The first kappa shape index (κ1) is 13.3. The Labute approximate surface area is 112 Å². The molecule has 0 amide bonds. The van der Waals surface area contributed by atoms with Crippen LogP contribution in [0.2, 0.25) is 0 Å². The highest BCUT2D eigenvalue weighted by atomic mass is 35.5. The van der Waals surface area contributed by atoms with Gasteiger partial charge in [-0.1, -0.05) is 12.1 Å². The number of likely N-dealkylation sites (N-methyl/N-ethyl adjacent to an activating group) is 1. The third-order valence-electron chi connectivity index (χ3n) is 3.72. The summed E-state index contributed by atoms with van der Waals surface area (Å²) in [7, 11) is 2.13. The van der Waals surface area contributed by atoms with Gasteiger partial charge in [-0.05, 0) is 12.1 Å². The number of esters is 1. The molecule has 1 fully saturated rings. The van der Waals surface area contributed by atoms with Crippen LogP contribution in [-0.2, 0) is 9.47 Å². The van der Waals surface area contributed by atoms with Crippen LogP contribution in [0, 0.1) is 0 Å². The van der Waals surface area contributed by atoms with Crippen molar-refractivity contribution in [3.8, 4) is 0 Å². The highest BCUT2D eigenvalue weighted by molar-refractivity contribution is 5.93. The molecule has 98 valence electrons. The summed E-state index contributed by atoms with van der Waals surface area (Å²) >= 11 is 0. The Morgan fingerprint density at radius 2 is 1.89 bits per heavy atom. The van der Waals surface area contributed by atoms with Gasteiger partial charge in [0.05, 0.1) is 31.4 Å². The van der Waals surface area contributed by atoms with Crippen LogP contribution in [0.15, 0.2) is 24.3 Å². The maximum absolute atomic E-state index is 11.8. The van der Waals surface area contributed by atoms with Gasteiger partial charge >= 0.3 is 5.97 Å². The summed E-state index contributed by atoms with van der Waals surface area (Å²) in [5.74, 6) is -0.198. The van der Waals surface area contributed by atoms with Crippen LogP contribution in [0.3, 0.4) is 0 Å². The van der Waals surface area contributed by atoms with Crippen LogP contribution in [0.1, 0.15) is 22.1 Å². The minimum atomic E-state index is -0.198. The zero-order chi connectivity index (χ0) is 11.9. The fourth-order valence-corrected chi connectivity index (χ4v) is 2.58. The average Bonchev–Trinajstić information content (AvgIpc) is 2.69. The van der Waals surface area contributed by atoms with Gasteiger partial charge in [-0.25, -0.2) is 4.79 Å². The molecule has 5 heteroatoms. The zero-order valence-electron chi connectivity index (χ0n) is 10.3. The van der Waals surface area contributed by atoms with Gasteiger partial charge in [0.2, 0.25) is 0 Å². The number of hydrogen-bond donors (Lipinski definition) is 0. The molecule has 0 bridgehead atoms. The Bertz CT molecular complexity index is 457. The SMILES string of the molecule is C[N+]1(C2OC(=O)c3ccccc32)CCOCC1.[Cl-]. The number of halogens is 1. The molecular formula is C13H16ClNO3.